The summed E-state index contributed by atoms with van der Waals surface area (Å²) in [6.07, 6.45) is 6.61. The molecule has 0 unspecified atom stereocenters. The Morgan fingerprint density at radius 1 is 1.50 bits per heavy atom. The van der Waals surface area contributed by atoms with Gasteiger partial charge in [0.25, 0.3) is 0 Å². The lowest BCUT2D eigenvalue weighted by Crippen LogP contribution is -2.22. The Kier molecular flexibility index (Phi) is 3.67. The Bertz CT molecular complexity index is 557. The second-order valence-electron chi connectivity index (χ2n) is 6.13. The molecule has 3 nitrogen and oxygen atoms in total. The van der Waals surface area contributed by atoms with Crippen LogP contribution in [0.3, 0.4) is 0 Å². The maximum absolute atomic E-state index is 12.2. The van der Waals surface area contributed by atoms with Crippen LogP contribution in [0.4, 0.5) is 0 Å². The van der Waals surface area contributed by atoms with E-state index in [1.807, 2.05) is 24.3 Å². The summed E-state index contributed by atoms with van der Waals surface area (Å²) in [5, 5.41) is 4.09. The monoisotopic (exact) mass is 334 g/mol. The Morgan fingerprint density at radius 2 is 2.35 bits per heavy atom. The lowest BCUT2D eigenvalue weighted by molar-refractivity contribution is -0.123. The zero-order chi connectivity index (χ0) is 14.2. The summed E-state index contributed by atoms with van der Waals surface area (Å²) in [4.78, 5) is 12.2. The first kappa shape index (κ1) is 13.8. The van der Waals surface area contributed by atoms with Gasteiger partial charge >= 0.3 is 0 Å². The lowest BCUT2D eigenvalue weighted by Gasteiger charge is -2.15. The molecule has 2 fully saturated rings. The first-order valence-electron chi connectivity index (χ1n) is 7.20. The van der Waals surface area contributed by atoms with Crippen LogP contribution in [0.5, 0.6) is 0 Å². The van der Waals surface area contributed by atoms with Gasteiger partial charge < -0.3 is 0 Å². The van der Waals surface area contributed by atoms with Crippen molar-refractivity contribution < 1.29 is 4.79 Å². The molecule has 0 radical (unpaired) electrons. The Balaban J connectivity index is 1.58. The number of nitrogens with one attached hydrogen (secondary N) is 1. The van der Waals surface area contributed by atoms with Gasteiger partial charge in [-0.15, -0.1) is 0 Å². The fraction of sp³-hybridized carbons (Fsp3) is 0.500. The lowest BCUT2D eigenvalue weighted by atomic mass is 9.90. The third kappa shape index (κ3) is 2.53. The van der Waals surface area contributed by atoms with Crippen LogP contribution < -0.4 is 5.43 Å². The summed E-state index contributed by atoms with van der Waals surface area (Å²) in [6, 6.07) is 7.84. The molecule has 4 heteroatoms. The average Bonchev–Trinajstić information content (AvgIpc) is 3.04. The van der Waals surface area contributed by atoms with Crippen LogP contribution in [-0.2, 0) is 4.79 Å². The van der Waals surface area contributed by atoms with Gasteiger partial charge in [-0.3, -0.25) is 4.79 Å². The van der Waals surface area contributed by atoms with Crippen molar-refractivity contribution in [2.75, 3.05) is 0 Å². The smallest absolute Gasteiger partial charge is 0.244 e. The number of amides is 1. The van der Waals surface area contributed by atoms with Crippen LogP contribution in [0.25, 0.3) is 0 Å². The van der Waals surface area contributed by atoms with Crippen molar-refractivity contribution in [3.05, 3.63) is 34.3 Å². The van der Waals surface area contributed by atoms with Gasteiger partial charge in [-0.1, -0.05) is 47.8 Å². The van der Waals surface area contributed by atoms with Crippen LogP contribution in [-0.4, -0.2) is 12.1 Å². The van der Waals surface area contributed by atoms with E-state index in [-0.39, 0.29) is 17.2 Å². The number of nitrogens with zero attached hydrogens (tertiary/aromatic N) is 1. The molecule has 2 aliphatic carbocycles. The summed E-state index contributed by atoms with van der Waals surface area (Å²) in [6.45, 7) is 2.25. The summed E-state index contributed by atoms with van der Waals surface area (Å²) in [7, 11) is 0. The SMILES string of the molecule is C[C@]12CCCC[C@H]1[C@H]2C(=O)N/N=C\c1cccc(Br)c1. The van der Waals surface area contributed by atoms with Gasteiger partial charge in [-0.05, 0) is 41.9 Å². The third-order valence-corrected chi connectivity index (χ3v) is 5.34. The van der Waals surface area contributed by atoms with Crippen LogP contribution in [0, 0.1) is 17.3 Å². The molecule has 3 atom stereocenters. The second-order valence-corrected chi connectivity index (χ2v) is 7.04. The normalized spacial score (nSPS) is 31.9. The van der Waals surface area contributed by atoms with E-state index in [1.54, 1.807) is 6.21 Å². The van der Waals surface area contributed by atoms with Crippen LogP contribution in [0.15, 0.2) is 33.8 Å². The van der Waals surface area contributed by atoms with Gasteiger partial charge in [0.2, 0.25) is 5.91 Å². The summed E-state index contributed by atoms with van der Waals surface area (Å²) in [5.41, 5.74) is 3.92. The van der Waals surface area contributed by atoms with Crippen LogP contribution in [0.2, 0.25) is 0 Å². The number of hydrogen-bond acceptors (Lipinski definition) is 2. The number of hydrazone groups is 1. The van der Waals surface area contributed by atoms with Crippen molar-refractivity contribution in [3.8, 4) is 0 Å². The minimum absolute atomic E-state index is 0.0886. The summed E-state index contributed by atoms with van der Waals surface area (Å²) >= 11 is 3.42. The molecule has 0 saturated heterocycles. The molecule has 3 rings (SSSR count). The van der Waals surface area contributed by atoms with E-state index < -0.39 is 0 Å². The number of fused-ring (bicyclic) bond motifs is 1. The Labute approximate surface area is 128 Å². The molecular formula is C16H19BrN2O. The van der Waals surface area contributed by atoms with E-state index in [0.717, 1.165) is 10.0 Å². The molecule has 1 aromatic carbocycles. The predicted molar refractivity (Wildman–Crippen MR) is 83.4 cm³/mol. The highest BCUT2D eigenvalue weighted by Crippen LogP contribution is 2.66. The van der Waals surface area contributed by atoms with Crippen LogP contribution >= 0.6 is 15.9 Å². The number of benzene rings is 1. The predicted octanol–water partition coefficient (Wildman–Crippen LogP) is 3.73. The molecule has 1 amide bonds. The van der Waals surface area contributed by atoms with E-state index in [2.05, 4.69) is 33.4 Å². The van der Waals surface area contributed by atoms with Crippen LogP contribution in [0.1, 0.15) is 38.2 Å². The van der Waals surface area contributed by atoms with Crippen molar-refractivity contribution in [2.45, 2.75) is 32.6 Å². The highest BCUT2D eigenvalue weighted by molar-refractivity contribution is 9.10. The first-order valence-corrected chi connectivity index (χ1v) is 7.99. The number of rotatable bonds is 3. The highest BCUT2D eigenvalue weighted by atomic mass is 79.9. The molecular weight excluding hydrogens is 316 g/mol. The molecule has 106 valence electrons. The second kappa shape index (κ2) is 5.32. The van der Waals surface area contributed by atoms with Crippen molar-refractivity contribution in [1.29, 1.82) is 0 Å². The molecule has 0 aliphatic heterocycles. The van der Waals surface area contributed by atoms with Gasteiger partial charge in [-0.2, -0.15) is 5.10 Å². The molecule has 2 aliphatic rings. The summed E-state index contributed by atoms with van der Waals surface area (Å²) < 4.78 is 1.01. The van der Waals surface area contributed by atoms with Gasteiger partial charge in [-0.25, -0.2) is 5.43 Å². The number of carbonyl (C=O) groups is 1. The zero-order valence-electron chi connectivity index (χ0n) is 11.6. The van der Waals surface area contributed by atoms with Crippen molar-refractivity contribution >= 4 is 28.1 Å². The van der Waals surface area contributed by atoms with Gasteiger partial charge in [0.1, 0.15) is 0 Å². The molecule has 20 heavy (non-hydrogen) atoms. The first-order chi connectivity index (χ1) is 9.61. The number of carbonyl (C=O) groups excluding carboxylic acids is 1. The fourth-order valence-corrected chi connectivity index (χ4v) is 4.09. The zero-order valence-corrected chi connectivity index (χ0v) is 13.2. The molecule has 0 heterocycles. The topological polar surface area (TPSA) is 41.5 Å². The minimum atomic E-state index is 0.0886. The van der Waals surface area contributed by atoms with E-state index in [9.17, 15) is 4.79 Å². The average molecular weight is 335 g/mol. The minimum Gasteiger partial charge on any atom is -0.273 e. The summed E-state index contributed by atoms with van der Waals surface area (Å²) in [5.74, 6) is 0.840. The maximum atomic E-state index is 12.2. The molecule has 0 bridgehead atoms. The van der Waals surface area contributed by atoms with Gasteiger partial charge in [0.05, 0.1) is 6.21 Å². The van der Waals surface area contributed by atoms with Gasteiger partial charge in [0.15, 0.2) is 0 Å². The fourth-order valence-electron chi connectivity index (χ4n) is 3.68. The Morgan fingerprint density at radius 3 is 3.05 bits per heavy atom. The quantitative estimate of drug-likeness (QED) is 0.664. The molecule has 0 spiro atoms. The Hall–Kier alpha value is -1.16. The maximum Gasteiger partial charge on any atom is 0.244 e. The number of hydrogen-bond donors (Lipinski definition) is 1. The van der Waals surface area contributed by atoms with Gasteiger partial charge in [0, 0.05) is 10.4 Å². The van der Waals surface area contributed by atoms with E-state index >= 15 is 0 Å². The standard InChI is InChI=1S/C16H19BrN2O/c1-16-8-3-2-7-13(16)14(16)15(20)19-18-10-11-5-4-6-12(17)9-11/h4-6,9-10,13-14H,2-3,7-8H2,1H3,(H,19,20)/b18-10-/t13-,14-,16-/m0/s1. The van der Waals surface area contributed by atoms with Crippen molar-refractivity contribution in [2.24, 2.45) is 22.4 Å². The molecule has 0 aromatic heterocycles. The van der Waals surface area contributed by atoms with E-state index in [4.69, 9.17) is 0 Å². The van der Waals surface area contributed by atoms with Crippen molar-refractivity contribution in [1.82, 2.24) is 5.43 Å². The third-order valence-electron chi connectivity index (χ3n) is 4.85. The molecule has 1 N–H and O–H groups in total. The largest absolute Gasteiger partial charge is 0.273 e. The highest BCUT2D eigenvalue weighted by Gasteiger charge is 2.64. The van der Waals surface area contributed by atoms with E-state index in [1.165, 1.54) is 25.7 Å². The molecule has 2 saturated carbocycles. The van der Waals surface area contributed by atoms with E-state index in [0.29, 0.717) is 5.92 Å². The number of halogens is 1. The molecule has 1 aromatic rings. The van der Waals surface area contributed by atoms with Crippen molar-refractivity contribution in [3.63, 3.8) is 0 Å².